The number of aromatic nitrogens is 1. The lowest BCUT2D eigenvalue weighted by Crippen LogP contribution is -2.44. The lowest BCUT2D eigenvalue weighted by Gasteiger charge is -2.39. The summed E-state index contributed by atoms with van der Waals surface area (Å²) in [7, 11) is 0. The largest absolute Gasteiger partial charge is 0.313 e. The number of hydrogen-bond donors (Lipinski definition) is 1. The quantitative estimate of drug-likeness (QED) is 0.886. The zero-order valence-corrected chi connectivity index (χ0v) is 12.1. The van der Waals surface area contributed by atoms with Gasteiger partial charge < -0.3 is 5.32 Å². The van der Waals surface area contributed by atoms with Gasteiger partial charge in [0.15, 0.2) is 0 Å². The number of thiazole rings is 1. The zero-order valence-electron chi connectivity index (χ0n) is 11.3. The first-order valence-electron chi connectivity index (χ1n) is 6.72. The first kappa shape index (κ1) is 13.0. The van der Waals surface area contributed by atoms with Crippen LogP contribution in [-0.2, 0) is 6.42 Å². The monoisotopic (exact) mass is 252 g/mol. The highest BCUT2D eigenvalue weighted by Crippen LogP contribution is 2.35. The normalized spacial score (nSPS) is 23.8. The predicted molar refractivity (Wildman–Crippen MR) is 74.6 cm³/mol. The second-order valence-corrected chi connectivity index (χ2v) is 6.82. The standard InChI is InChI=1S/C14H24N2S/c1-11-10-17-13(16-11)7-9-15-12-6-4-5-8-14(12,2)3/h10,12,15H,4-9H2,1-3H3. The summed E-state index contributed by atoms with van der Waals surface area (Å²) in [5.41, 5.74) is 1.62. The number of aryl methyl sites for hydroxylation is 1. The van der Waals surface area contributed by atoms with E-state index in [9.17, 15) is 0 Å². The summed E-state index contributed by atoms with van der Waals surface area (Å²) in [4.78, 5) is 4.51. The molecule has 1 aromatic rings. The first-order chi connectivity index (χ1) is 8.08. The van der Waals surface area contributed by atoms with Gasteiger partial charge in [-0.25, -0.2) is 4.98 Å². The van der Waals surface area contributed by atoms with Gasteiger partial charge in [0.25, 0.3) is 0 Å². The number of hydrogen-bond acceptors (Lipinski definition) is 3. The zero-order chi connectivity index (χ0) is 12.3. The van der Waals surface area contributed by atoms with Gasteiger partial charge in [-0.15, -0.1) is 11.3 Å². The van der Waals surface area contributed by atoms with Crippen molar-refractivity contribution in [3.63, 3.8) is 0 Å². The van der Waals surface area contributed by atoms with E-state index < -0.39 is 0 Å². The lowest BCUT2D eigenvalue weighted by molar-refractivity contribution is 0.169. The van der Waals surface area contributed by atoms with Crippen molar-refractivity contribution in [3.05, 3.63) is 16.1 Å². The smallest absolute Gasteiger partial charge is 0.0940 e. The molecular weight excluding hydrogens is 228 g/mol. The maximum Gasteiger partial charge on any atom is 0.0940 e. The van der Waals surface area contributed by atoms with Crippen molar-refractivity contribution >= 4 is 11.3 Å². The van der Waals surface area contributed by atoms with Crippen molar-refractivity contribution in [3.8, 4) is 0 Å². The molecular formula is C14H24N2S. The molecule has 0 aromatic carbocycles. The molecule has 1 fully saturated rings. The molecule has 0 radical (unpaired) electrons. The fourth-order valence-corrected chi connectivity index (χ4v) is 3.52. The highest BCUT2D eigenvalue weighted by molar-refractivity contribution is 7.09. The highest BCUT2D eigenvalue weighted by Gasteiger charge is 2.31. The average Bonchev–Trinajstić information content (AvgIpc) is 2.67. The van der Waals surface area contributed by atoms with Crippen LogP contribution < -0.4 is 5.32 Å². The Hall–Kier alpha value is -0.410. The Labute approximate surface area is 109 Å². The maximum atomic E-state index is 4.51. The Kier molecular flexibility index (Phi) is 4.21. The molecule has 2 nitrogen and oxygen atoms in total. The summed E-state index contributed by atoms with van der Waals surface area (Å²) < 4.78 is 0. The molecule has 1 aromatic heterocycles. The van der Waals surface area contributed by atoms with Crippen LogP contribution in [0.4, 0.5) is 0 Å². The molecule has 1 aliphatic rings. The summed E-state index contributed by atoms with van der Waals surface area (Å²) >= 11 is 1.78. The van der Waals surface area contributed by atoms with Crippen molar-refractivity contribution in [2.45, 2.75) is 58.9 Å². The third-order valence-corrected chi connectivity index (χ3v) is 4.93. The summed E-state index contributed by atoms with van der Waals surface area (Å²) in [5, 5.41) is 7.14. The van der Waals surface area contributed by atoms with Crippen LogP contribution in [0.15, 0.2) is 5.38 Å². The molecule has 2 rings (SSSR count). The fourth-order valence-electron chi connectivity index (χ4n) is 2.74. The number of nitrogens with zero attached hydrogens (tertiary/aromatic N) is 1. The molecule has 1 unspecified atom stereocenters. The van der Waals surface area contributed by atoms with Gasteiger partial charge in [-0.1, -0.05) is 26.7 Å². The Morgan fingerprint density at radius 1 is 1.47 bits per heavy atom. The van der Waals surface area contributed by atoms with Gasteiger partial charge in [0.1, 0.15) is 0 Å². The third kappa shape index (κ3) is 3.52. The molecule has 96 valence electrons. The summed E-state index contributed by atoms with van der Waals surface area (Å²) in [6.45, 7) is 7.94. The molecule has 1 saturated carbocycles. The summed E-state index contributed by atoms with van der Waals surface area (Å²) in [6, 6.07) is 0.692. The molecule has 0 aliphatic heterocycles. The first-order valence-corrected chi connectivity index (χ1v) is 7.60. The van der Waals surface area contributed by atoms with E-state index in [-0.39, 0.29) is 0 Å². The third-order valence-electron chi connectivity index (χ3n) is 3.90. The summed E-state index contributed by atoms with van der Waals surface area (Å²) in [6.07, 6.45) is 6.56. The van der Waals surface area contributed by atoms with E-state index in [2.05, 4.69) is 36.5 Å². The van der Waals surface area contributed by atoms with E-state index in [1.807, 2.05) is 0 Å². The molecule has 0 saturated heterocycles. The van der Waals surface area contributed by atoms with Crippen LogP contribution >= 0.6 is 11.3 Å². The van der Waals surface area contributed by atoms with Gasteiger partial charge in [0.05, 0.1) is 5.01 Å². The fraction of sp³-hybridized carbons (Fsp3) is 0.786. The Morgan fingerprint density at radius 3 is 2.94 bits per heavy atom. The Bertz CT molecular complexity index is 357. The van der Waals surface area contributed by atoms with Gasteiger partial charge in [0, 0.05) is 30.1 Å². The predicted octanol–water partition coefficient (Wildman–Crippen LogP) is 3.55. The number of rotatable bonds is 4. The minimum absolute atomic E-state index is 0.469. The highest BCUT2D eigenvalue weighted by atomic mass is 32.1. The molecule has 1 N–H and O–H groups in total. The van der Waals surface area contributed by atoms with Crippen molar-refractivity contribution in [1.29, 1.82) is 0 Å². The Balaban J connectivity index is 1.77. The van der Waals surface area contributed by atoms with Crippen LogP contribution in [-0.4, -0.2) is 17.6 Å². The van der Waals surface area contributed by atoms with E-state index in [0.29, 0.717) is 11.5 Å². The number of nitrogens with one attached hydrogen (secondary N) is 1. The van der Waals surface area contributed by atoms with Gasteiger partial charge in [-0.05, 0) is 25.2 Å². The van der Waals surface area contributed by atoms with Crippen LogP contribution in [0.25, 0.3) is 0 Å². The van der Waals surface area contributed by atoms with Crippen molar-refractivity contribution in [1.82, 2.24) is 10.3 Å². The molecule has 1 heterocycles. The van der Waals surface area contributed by atoms with Crippen molar-refractivity contribution in [2.75, 3.05) is 6.54 Å². The topological polar surface area (TPSA) is 24.9 Å². The molecule has 0 bridgehead atoms. The van der Waals surface area contributed by atoms with Crippen molar-refractivity contribution in [2.24, 2.45) is 5.41 Å². The molecule has 1 atom stereocenters. The van der Waals surface area contributed by atoms with Gasteiger partial charge in [-0.2, -0.15) is 0 Å². The van der Waals surface area contributed by atoms with Crippen LogP contribution in [0.5, 0.6) is 0 Å². The Morgan fingerprint density at radius 2 is 2.29 bits per heavy atom. The minimum atomic E-state index is 0.469. The van der Waals surface area contributed by atoms with Crippen LogP contribution in [0.3, 0.4) is 0 Å². The van der Waals surface area contributed by atoms with Gasteiger partial charge >= 0.3 is 0 Å². The second kappa shape index (κ2) is 5.49. The summed E-state index contributed by atoms with van der Waals surface area (Å²) in [5.74, 6) is 0. The van der Waals surface area contributed by atoms with E-state index in [0.717, 1.165) is 18.7 Å². The molecule has 0 spiro atoms. The lowest BCUT2D eigenvalue weighted by atomic mass is 9.73. The van der Waals surface area contributed by atoms with Crippen LogP contribution in [0, 0.1) is 12.3 Å². The minimum Gasteiger partial charge on any atom is -0.313 e. The van der Waals surface area contributed by atoms with Crippen LogP contribution in [0.2, 0.25) is 0 Å². The van der Waals surface area contributed by atoms with Crippen LogP contribution in [0.1, 0.15) is 50.2 Å². The van der Waals surface area contributed by atoms with E-state index in [4.69, 9.17) is 0 Å². The average molecular weight is 252 g/mol. The molecule has 0 amide bonds. The van der Waals surface area contributed by atoms with E-state index >= 15 is 0 Å². The van der Waals surface area contributed by atoms with E-state index in [1.54, 1.807) is 11.3 Å². The van der Waals surface area contributed by atoms with Gasteiger partial charge in [0.2, 0.25) is 0 Å². The SMILES string of the molecule is Cc1csc(CCNC2CCCCC2(C)C)n1. The van der Waals surface area contributed by atoms with E-state index in [1.165, 1.54) is 30.7 Å². The molecule has 17 heavy (non-hydrogen) atoms. The second-order valence-electron chi connectivity index (χ2n) is 5.87. The molecule has 3 heteroatoms. The molecule has 1 aliphatic carbocycles. The maximum absolute atomic E-state index is 4.51. The van der Waals surface area contributed by atoms with Gasteiger partial charge in [-0.3, -0.25) is 0 Å². The van der Waals surface area contributed by atoms with Crippen molar-refractivity contribution < 1.29 is 0 Å².